The SMILES string of the molecule is CCC(C=O)Oc1ccc(C(=O)Nc2ccccc2Sc2cc(O)ccc2-c2nn[nH]n2)cc1. The molecule has 1 aromatic heterocycles. The number of aromatic hydroxyl groups is 1. The Morgan fingerprint density at radius 2 is 1.94 bits per heavy atom. The monoisotopic (exact) mass is 475 g/mol. The normalized spacial score (nSPS) is 11.6. The number of anilines is 1. The van der Waals surface area contributed by atoms with Crippen molar-refractivity contribution in [2.45, 2.75) is 29.2 Å². The van der Waals surface area contributed by atoms with Gasteiger partial charge in [-0.15, -0.1) is 10.2 Å². The number of benzene rings is 3. The lowest BCUT2D eigenvalue weighted by Crippen LogP contribution is -2.17. The van der Waals surface area contributed by atoms with Gasteiger partial charge in [0.15, 0.2) is 12.4 Å². The summed E-state index contributed by atoms with van der Waals surface area (Å²) in [5.41, 5.74) is 1.73. The molecule has 3 N–H and O–H groups in total. The number of hydrogen-bond acceptors (Lipinski definition) is 8. The standard InChI is InChI=1S/C24H21N5O4S/c1-2-17(14-30)33-18-10-7-15(8-11-18)24(32)25-20-5-3-4-6-21(20)34-22-13-16(31)9-12-19(22)23-26-28-29-27-23/h3-14,17,31H,2H2,1H3,(H,25,32)(H,26,27,28,29). The molecule has 0 aliphatic rings. The summed E-state index contributed by atoms with van der Waals surface area (Å²) in [6.45, 7) is 1.86. The number of aldehydes is 1. The zero-order valence-electron chi connectivity index (χ0n) is 18.1. The van der Waals surface area contributed by atoms with Gasteiger partial charge in [0.05, 0.1) is 5.69 Å². The van der Waals surface area contributed by atoms with E-state index in [0.717, 1.165) is 11.2 Å². The van der Waals surface area contributed by atoms with Gasteiger partial charge in [0.2, 0.25) is 5.82 Å². The van der Waals surface area contributed by atoms with E-state index in [0.29, 0.717) is 39.7 Å². The van der Waals surface area contributed by atoms with Crippen molar-refractivity contribution in [2.24, 2.45) is 0 Å². The maximum absolute atomic E-state index is 12.9. The van der Waals surface area contributed by atoms with Crippen LogP contribution in [0.1, 0.15) is 23.7 Å². The zero-order chi connectivity index (χ0) is 23.9. The molecule has 0 saturated carbocycles. The highest BCUT2D eigenvalue weighted by molar-refractivity contribution is 7.99. The molecular weight excluding hydrogens is 454 g/mol. The molecule has 4 rings (SSSR count). The minimum atomic E-state index is -0.515. The number of phenols is 1. The van der Waals surface area contributed by atoms with E-state index in [1.165, 1.54) is 11.8 Å². The number of para-hydroxylation sites is 1. The summed E-state index contributed by atoms with van der Waals surface area (Å²) >= 11 is 1.36. The van der Waals surface area contributed by atoms with Crippen molar-refractivity contribution in [2.75, 3.05) is 5.32 Å². The molecule has 9 nitrogen and oxygen atoms in total. The maximum Gasteiger partial charge on any atom is 0.255 e. The number of hydrogen-bond donors (Lipinski definition) is 3. The Hall–Kier alpha value is -4.18. The smallest absolute Gasteiger partial charge is 0.255 e. The molecule has 0 radical (unpaired) electrons. The second-order valence-corrected chi connectivity index (χ2v) is 8.28. The highest BCUT2D eigenvalue weighted by atomic mass is 32.2. The van der Waals surface area contributed by atoms with Gasteiger partial charge in [-0.1, -0.05) is 30.8 Å². The van der Waals surface area contributed by atoms with Gasteiger partial charge in [-0.3, -0.25) is 9.59 Å². The first-order valence-corrected chi connectivity index (χ1v) is 11.3. The third-order valence-corrected chi connectivity index (χ3v) is 6.00. The first-order valence-electron chi connectivity index (χ1n) is 10.4. The molecule has 0 saturated heterocycles. The summed E-state index contributed by atoms with van der Waals surface area (Å²) in [4.78, 5) is 25.3. The number of rotatable bonds is 9. The number of H-pyrrole nitrogens is 1. The summed E-state index contributed by atoms with van der Waals surface area (Å²) in [6.07, 6.45) is 0.804. The van der Waals surface area contributed by atoms with Crippen molar-refractivity contribution in [3.05, 3.63) is 72.3 Å². The zero-order valence-corrected chi connectivity index (χ0v) is 19.0. The molecule has 1 heterocycles. The van der Waals surface area contributed by atoms with Gasteiger partial charge in [0, 0.05) is 20.9 Å². The Labute approximate surface area is 199 Å². The van der Waals surface area contributed by atoms with E-state index >= 15 is 0 Å². The van der Waals surface area contributed by atoms with Crippen LogP contribution in [0.15, 0.2) is 76.5 Å². The number of carbonyl (C=O) groups is 2. The van der Waals surface area contributed by atoms with E-state index in [1.54, 1.807) is 48.5 Å². The van der Waals surface area contributed by atoms with Crippen molar-refractivity contribution < 1.29 is 19.4 Å². The Balaban J connectivity index is 1.53. The highest BCUT2D eigenvalue weighted by Crippen LogP contribution is 2.39. The van der Waals surface area contributed by atoms with E-state index in [9.17, 15) is 14.7 Å². The molecule has 0 fully saturated rings. The van der Waals surface area contributed by atoms with Gasteiger partial charge in [-0.2, -0.15) is 5.21 Å². The number of amides is 1. The molecule has 0 spiro atoms. The molecule has 1 atom stereocenters. The Morgan fingerprint density at radius 3 is 2.65 bits per heavy atom. The lowest BCUT2D eigenvalue weighted by Gasteiger charge is -2.13. The van der Waals surface area contributed by atoms with E-state index in [2.05, 4.69) is 25.9 Å². The fourth-order valence-corrected chi connectivity index (χ4v) is 4.16. The number of nitrogens with one attached hydrogen (secondary N) is 2. The van der Waals surface area contributed by atoms with Crippen molar-refractivity contribution in [1.29, 1.82) is 0 Å². The second-order valence-electron chi connectivity index (χ2n) is 7.19. The first-order chi connectivity index (χ1) is 16.6. The van der Waals surface area contributed by atoms with E-state index in [4.69, 9.17) is 4.74 Å². The van der Waals surface area contributed by atoms with Gasteiger partial charge < -0.3 is 15.2 Å². The predicted molar refractivity (Wildman–Crippen MR) is 127 cm³/mol. The van der Waals surface area contributed by atoms with Crippen LogP contribution >= 0.6 is 11.8 Å². The average molecular weight is 476 g/mol. The molecule has 10 heteroatoms. The van der Waals surface area contributed by atoms with Crippen LogP contribution in [-0.4, -0.2) is 44.0 Å². The summed E-state index contributed by atoms with van der Waals surface area (Å²) < 4.78 is 5.56. The van der Waals surface area contributed by atoms with Gasteiger partial charge in [-0.05, 0) is 66.2 Å². The van der Waals surface area contributed by atoms with Gasteiger partial charge >= 0.3 is 0 Å². The molecule has 3 aromatic carbocycles. The number of aromatic nitrogens is 4. The Morgan fingerprint density at radius 1 is 1.15 bits per heavy atom. The van der Waals surface area contributed by atoms with Crippen LogP contribution in [-0.2, 0) is 4.79 Å². The molecule has 1 unspecified atom stereocenters. The molecule has 172 valence electrons. The molecule has 0 aliphatic heterocycles. The highest BCUT2D eigenvalue weighted by Gasteiger charge is 2.15. The van der Waals surface area contributed by atoms with Crippen LogP contribution < -0.4 is 10.1 Å². The fourth-order valence-electron chi connectivity index (χ4n) is 3.09. The molecule has 0 bridgehead atoms. The molecule has 4 aromatic rings. The predicted octanol–water partition coefficient (Wildman–Crippen LogP) is 4.33. The quantitative estimate of drug-likeness (QED) is 0.305. The van der Waals surface area contributed by atoms with E-state index in [-0.39, 0.29) is 11.7 Å². The lowest BCUT2D eigenvalue weighted by atomic mass is 10.2. The van der Waals surface area contributed by atoms with Crippen molar-refractivity contribution in [1.82, 2.24) is 20.6 Å². The van der Waals surface area contributed by atoms with Crippen LogP contribution in [0.3, 0.4) is 0 Å². The van der Waals surface area contributed by atoms with Crippen LogP contribution in [0.5, 0.6) is 11.5 Å². The van der Waals surface area contributed by atoms with Gasteiger partial charge in [0.25, 0.3) is 5.91 Å². The van der Waals surface area contributed by atoms with Gasteiger partial charge in [-0.25, -0.2) is 0 Å². The summed E-state index contributed by atoms with van der Waals surface area (Å²) in [6, 6.07) is 18.8. The second kappa shape index (κ2) is 10.6. The van der Waals surface area contributed by atoms with Crippen LogP contribution in [0, 0.1) is 0 Å². The van der Waals surface area contributed by atoms with Gasteiger partial charge in [0.1, 0.15) is 11.5 Å². The Kier molecular flexibility index (Phi) is 7.19. The number of aromatic amines is 1. The minimum Gasteiger partial charge on any atom is -0.508 e. The molecule has 34 heavy (non-hydrogen) atoms. The Bertz CT molecular complexity index is 1280. The minimum absolute atomic E-state index is 0.0958. The summed E-state index contributed by atoms with van der Waals surface area (Å²) in [5, 5.41) is 27.0. The van der Waals surface area contributed by atoms with Crippen LogP contribution in [0.2, 0.25) is 0 Å². The number of tetrazole rings is 1. The van der Waals surface area contributed by atoms with E-state index in [1.807, 2.05) is 25.1 Å². The number of nitrogens with zero attached hydrogens (tertiary/aromatic N) is 3. The van der Waals surface area contributed by atoms with Crippen LogP contribution in [0.25, 0.3) is 11.4 Å². The maximum atomic E-state index is 12.9. The third-order valence-electron chi connectivity index (χ3n) is 4.86. The first kappa shape index (κ1) is 23.0. The third kappa shape index (κ3) is 5.41. The van der Waals surface area contributed by atoms with E-state index < -0.39 is 6.10 Å². The fraction of sp³-hybridized carbons (Fsp3) is 0.125. The van der Waals surface area contributed by atoms with Crippen molar-refractivity contribution in [3.63, 3.8) is 0 Å². The van der Waals surface area contributed by atoms with Crippen molar-refractivity contribution >= 4 is 29.6 Å². The average Bonchev–Trinajstić information content (AvgIpc) is 3.39. The number of ether oxygens (including phenoxy) is 1. The summed E-state index contributed by atoms with van der Waals surface area (Å²) in [5.74, 6) is 0.713. The van der Waals surface area contributed by atoms with Crippen LogP contribution in [0.4, 0.5) is 5.69 Å². The topological polar surface area (TPSA) is 130 Å². The lowest BCUT2D eigenvalue weighted by molar-refractivity contribution is -0.113. The molecular formula is C24H21N5O4S. The molecule has 1 amide bonds. The number of phenolic OH excluding ortho intramolecular Hbond substituents is 1. The summed E-state index contributed by atoms with van der Waals surface area (Å²) in [7, 11) is 0. The molecule has 0 aliphatic carbocycles. The number of carbonyl (C=O) groups excluding carboxylic acids is 2. The van der Waals surface area contributed by atoms with Crippen molar-refractivity contribution in [3.8, 4) is 22.9 Å². The largest absolute Gasteiger partial charge is 0.508 e.